The van der Waals surface area contributed by atoms with Crippen LogP contribution in [0.2, 0.25) is 0 Å². The van der Waals surface area contributed by atoms with Gasteiger partial charge >= 0.3 is 0 Å². The van der Waals surface area contributed by atoms with Gasteiger partial charge in [0.1, 0.15) is 0 Å². The Labute approximate surface area is 79.6 Å². The molecule has 0 bridgehead atoms. The predicted molar refractivity (Wildman–Crippen MR) is 56.0 cm³/mol. The summed E-state index contributed by atoms with van der Waals surface area (Å²) in [7, 11) is 0. The maximum Gasteiger partial charge on any atom is 0.0331 e. The molecule has 1 aliphatic heterocycles. The highest BCUT2D eigenvalue weighted by Crippen LogP contribution is 2.30. The summed E-state index contributed by atoms with van der Waals surface area (Å²) in [6.45, 7) is 4.51. The Morgan fingerprint density at radius 1 is 1.58 bits per heavy atom. The van der Waals surface area contributed by atoms with E-state index in [-0.39, 0.29) is 0 Å². The molecular weight excluding hydrogens is 168 g/mol. The standard InChI is InChI=1S/C9H20N2S/c1-7(2)6-8(11-10)9-4-3-5-12-9/h7-9,11H,3-6,10H2,1-2H3. The lowest BCUT2D eigenvalue weighted by atomic mass is 9.99. The second kappa shape index (κ2) is 5.10. The largest absolute Gasteiger partial charge is 0.271 e. The molecule has 2 unspecified atom stereocenters. The average molecular weight is 188 g/mol. The molecule has 0 saturated carbocycles. The van der Waals surface area contributed by atoms with Crippen LogP contribution in [0.25, 0.3) is 0 Å². The van der Waals surface area contributed by atoms with Gasteiger partial charge in [-0.05, 0) is 30.9 Å². The highest BCUT2D eigenvalue weighted by Gasteiger charge is 2.24. The van der Waals surface area contributed by atoms with Gasteiger partial charge in [-0.25, -0.2) is 0 Å². The van der Waals surface area contributed by atoms with E-state index < -0.39 is 0 Å². The SMILES string of the molecule is CC(C)CC(NN)C1CCCS1. The third kappa shape index (κ3) is 2.96. The Kier molecular flexibility index (Phi) is 4.40. The summed E-state index contributed by atoms with van der Waals surface area (Å²) in [5, 5.41) is 0.761. The van der Waals surface area contributed by atoms with Crippen LogP contribution in [0.1, 0.15) is 33.1 Å². The molecule has 3 heteroatoms. The molecule has 1 saturated heterocycles. The van der Waals surface area contributed by atoms with Crippen molar-refractivity contribution in [3.05, 3.63) is 0 Å². The van der Waals surface area contributed by atoms with Crippen LogP contribution < -0.4 is 11.3 Å². The van der Waals surface area contributed by atoms with E-state index >= 15 is 0 Å². The smallest absolute Gasteiger partial charge is 0.0331 e. The zero-order valence-electron chi connectivity index (χ0n) is 8.05. The molecule has 1 aliphatic rings. The van der Waals surface area contributed by atoms with Gasteiger partial charge in [0.25, 0.3) is 0 Å². The zero-order valence-corrected chi connectivity index (χ0v) is 8.86. The average Bonchev–Trinajstić information content (AvgIpc) is 2.51. The van der Waals surface area contributed by atoms with E-state index in [0.717, 1.165) is 11.2 Å². The minimum Gasteiger partial charge on any atom is -0.271 e. The highest BCUT2D eigenvalue weighted by atomic mass is 32.2. The number of nitrogens with one attached hydrogen (secondary N) is 1. The lowest BCUT2D eigenvalue weighted by molar-refractivity contribution is 0.409. The van der Waals surface area contributed by atoms with Crippen molar-refractivity contribution in [2.45, 2.75) is 44.4 Å². The van der Waals surface area contributed by atoms with Crippen LogP contribution in [0, 0.1) is 5.92 Å². The topological polar surface area (TPSA) is 38.0 Å². The predicted octanol–water partition coefficient (Wildman–Crippen LogP) is 1.76. The van der Waals surface area contributed by atoms with E-state index in [1.54, 1.807) is 0 Å². The summed E-state index contributed by atoms with van der Waals surface area (Å²) in [5.41, 5.74) is 2.95. The Morgan fingerprint density at radius 2 is 2.33 bits per heavy atom. The fourth-order valence-electron chi connectivity index (χ4n) is 1.75. The molecule has 0 spiro atoms. The summed E-state index contributed by atoms with van der Waals surface area (Å²) < 4.78 is 0. The van der Waals surface area contributed by atoms with Crippen molar-refractivity contribution in [3.63, 3.8) is 0 Å². The van der Waals surface area contributed by atoms with Crippen LogP contribution in [0.4, 0.5) is 0 Å². The van der Waals surface area contributed by atoms with Crippen molar-refractivity contribution in [1.82, 2.24) is 5.43 Å². The van der Waals surface area contributed by atoms with Gasteiger partial charge in [-0.15, -0.1) is 0 Å². The monoisotopic (exact) mass is 188 g/mol. The summed E-state index contributed by atoms with van der Waals surface area (Å²) in [4.78, 5) is 0. The summed E-state index contributed by atoms with van der Waals surface area (Å²) in [6.07, 6.45) is 3.91. The van der Waals surface area contributed by atoms with Crippen LogP contribution in [-0.4, -0.2) is 17.0 Å². The number of hydrazine groups is 1. The number of hydrogen-bond donors (Lipinski definition) is 2. The Bertz CT molecular complexity index is 122. The zero-order chi connectivity index (χ0) is 8.97. The Balaban J connectivity index is 2.32. The van der Waals surface area contributed by atoms with E-state index in [1.807, 2.05) is 0 Å². The van der Waals surface area contributed by atoms with Gasteiger partial charge in [0.05, 0.1) is 0 Å². The third-order valence-corrected chi connectivity index (χ3v) is 3.87. The maximum absolute atomic E-state index is 5.54. The highest BCUT2D eigenvalue weighted by molar-refractivity contribution is 8.00. The fourth-order valence-corrected chi connectivity index (χ4v) is 3.15. The van der Waals surface area contributed by atoms with Crippen molar-refractivity contribution in [2.24, 2.45) is 11.8 Å². The molecule has 12 heavy (non-hydrogen) atoms. The van der Waals surface area contributed by atoms with Gasteiger partial charge in [0.2, 0.25) is 0 Å². The first-order chi connectivity index (χ1) is 5.74. The number of hydrogen-bond acceptors (Lipinski definition) is 3. The summed E-state index contributed by atoms with van der Waals surface area (Å²) in [6, 6.07) is 0.525. The molecular formula is C9H20N2S. The molecule has 0 aliphatic carbocycles. The van der Waals surface area contributed by atoms with E-state index in [4.69, 9.17) is 5.84 Å². The van der Waals surface area contributed by atoms with Crippen molar-refractivity contribution >= 4 is 11.8 Å². The molecule has 2 atom stereocenters. The molecule has 1 rings (SSSR count). The lowest BCUT2D eigenvalue weighted by Crippen LogP contribution is -2.42. The van der Waals surface area contributed by atoms with Gasteiger partial charge in [-0.1, -0.05) is 13.8 Å². The minimum atomic E-state index is 0.525. The van der Waals surface area contributed by atoms with Crippen molar-refractivity contribution in [1.29, 1.82) is 0 Å². The van der Waals surface area contributed by atoms with Gasteiger partial charge < -0.3 is 0 Å². The van der Waals surface area contributed by atoms with E-state index in [9.17, 15) is 0 Å². The first-order valence-corrected chi connectivity index (χ1v) is 5.86. The molecule has 0 aromatic heterocycles. The molecule has 72 valence electrons. The number of nitrogens with two attached hydrogens (primary N) is 1. The molecule has 0 aromatic carbocycles. The van der Waals surface area contributed by atoms with E-state index in [0.29, 0.717) is 6.04 Å². The Hall–Kier alpha value is 0.270. The van der Waals surface area contributed by atoms with Gasteiger partial charge in [-0.3, -0.25) is 11.3 Å². The number of thioether (sulfide) groups is 1. The molecule has 0 radical (unpaired) electrons. The minimum absolute atomic E-state index is 0.525. The van der Waals surface area contributed by atoms with Gasteiger partial charge in [0, 0.05) is 11.3 Å². The molecule has 0 amide bonds. The third-order valence-electron chi connectivity index (χ3n) is 2.35. The van der Waals surface area contributed by atoms with Gasteiger partial charge in [-0.2, -0.15) is 11.8 Å². The molecule has 2 nitrogen and oxygen atoms in total. The normalized spacial score (nSPS) is 26.5. The second-order valence-electron chi connectivity index (χ2n) is 3.95. The maximum atomic E-state index is 5.54. The van der Waals surface area contributed by atoms with Crippen molar-refractivity contribution < 1.29 is 0 Å². The van der Waals surface area contributed by atoms with Crippen molar-refractivity contribution in [2.75, 3.05) is 5.75 Å². The quantitative estimate of drug-likeness (QED) is 0.521. The van der Waals surface area contributed by atoms with Gasteiger partial charge in [0.15, 0.2) is 0 Å². The van der Waals surface area contributed by atoms with Crippen LogP contribution in [0.15, 0.2) is 0 Å². The molecule has 3 N–H and O–H groups in total. The van der Waals surface area contributed by atoms with Crippen LogP contribution in [-0.2, 0) is 0 Å². The first-order valence-electron chi connectivity index (χ1n) is 4.81. The fraction of sp³-hybridized carbons (Fsp3) is 1.00. The first kappa shape index (κ1) is 10.4. The van der Waals surface area contributed by atoms with Crippen LogP contribution >= 0.6 is 11.8 Å². The second-order valence-corrected chi connectivity index (χ2v) is 5.30. The van der Waals surface area contributed by atoms with E-state index in [2.05, 4.69) is 31.0 Å². The molecule has 0 aromatic rings. The molecule has 1 fully saturated rings. The Morgan fingerprint density at radius 3 is 2.75 bits per heavy atom. The molecule has 1 heterocycles. The summed E-state index contributed by atoms with van der Waals surface area (Å²) in [5.74, 6) is 7.60. The van der Waals surface area contributed by atoms with Crippen molar-refractivity contribution in [3.8, 4) is 0 Å². The summed E-state index contributed by atoms with van der Waals surface area (Å²) >= 11 is 2.07. The van der Waals surface area contributed by atoms with Crippen LogP contribution in [0.3, 0.4) is 0 Å². The van der Waals surface area contributed by atoms with Crippen LogP contribution in [0.5, 0.6) is 0 Å². The number of rotatable bonds is 4. The van der Waals surface area contributed by atoms with E-state index in [1.165, 1.54) is 25.0 Å². The lowest BCUT2D eigenvalue weighted by Gasteiger charge is -2.23.